The number of carboxylic acid groups (broad SMARTS) is 1. The molecule has 21 heavy (non-hydrogen) atoms. The van der Waals surface area contributed by atoms with E-state index in [4.69, 9.17) is 5.11 Å². The van der Waals surface area contributed by atoms with E-state index >= 15 is 0 Å². The van der Waals surface area contributed by atoms with Crippen molar-refractivity contribution in [3.63, 3.8) is 0 Å². The Morgan fingerprint density at radius 2 is 2.19 bits per heavy atom. The second-order valence-corrected chi connectivity index (χ2v) is 5.23. The zero-order chi connectivity index (χ0) is 15.4. The fourth-order valence-electron chi connectivity index (χ4n) is 1.58. The van der Waals surface area contributed by atoms with Crippen LogP contribution in [-0.2, 0) is 6.54 Å². The molecule has 0 atom stereocenters. The lowest BCUT2D eigenvalue weighted by Gasteiger charge is -2.08. The van der Waals surface area contributed by atoms with Gasteiger partial charge in [-0.25, -0.2) is 19.0 Å². The monoisotopic (exact) mass is 309 g/mol. The summed E-state index contributed by atoms with van der Waals surface area (Å²) in [5.41, 5.74) is 0.442. The van der Waals surface area contributed by atoms with Crippen molar-refractivity contribution >= 4 is 29.0 Å². The lowest BCUT2D eigenvalue weighted by atomic mass is 10.2. The van der Waals surface area contributed by atoms with Gasteiger partial charge in [0.2, 0.25) is 0 Å². The van der Waals surface area contributed by atoms with Gasteiger partial charge < -0.3 is 15.7 Å². The quantitative estimate of drug-likeness (QED) is 0.809. The summed E-state index contributed by atoms with van der Waals surface area (Å²) in [6.45, 7) is 2.08. The number of hydrogen-bond donors (Lipinski definition) is 3. The van der Waals surface area contributed by atoms with Gasteiger partial charge >= 0.3 is 12.0 Å². The van der Waals surface area contributed by atoms with Gasteiger partial charge in [0.15, 0.2) is 0 Å². The van der Waals surface area contributed by atoms with Gasteiger partial charge in [0.25, 0.3) is 0 Å². The molecule has 0 saturated carbocycles. The Labute approximate surface area is 123 Å². The molecule has 0 aliphatic heterocycles. The second kappa shape index (κ2) is 6.31. The number of aromatic nitrogens is 1. The molecule has 0 fully saturated rings. The number of nitrogens with zero attached hydrogens (tertiary/aromatic N) is 1. The number of carbonyl (C=O) groups is 2. The highest BCUT2D eigenvalue weighted by Gasteiger charge is 2.10. The molecule has 1 aromatic carbocycles. The van der Waals surface area contributed by atoms with Crippen molar-refractivity contribution < 1.29 is 19.1 Å². The smallest absolute Gasteiger partial charge is 0.335 e. The Morgan fingerprint density at radius 3 is 2.76 bits per heavy atom. The Hall–Kier alpha value is -2.48. The maximum absolute atomic E-state index is 13.6. The van der Waals surface area contributed by atoms with Gasteiger partial charge in [-0.3, -0.25) is 0 Å². The standard InChI is InChI=1S/C13H12FN3O3S/c1-7-16-9(6-21-7)5-15-13(20)17-11-3-2-8(12(18)19)4-10(11)14/h2-4,6H,5H2,1H3,(H,18,19)(H2,15,17,20). The van der Waals surface area contributed by atoms with E-state index in [1.165, 1.54) is 23.5 Å². The number of halogens is 1. The Morgan fingerprint density at radius 1 is 1.43 bits per heavy atom. The van der Waals surface area contributed by atoms with Crippen LogP contribution in [0.1, 0.15) is 21.1 Å². The molecule has 110 valence electrons. The zero-order valence-electron chi connectivity index (χ0n) is 11.0. The van der Waals surface area contributed by atoms with Crippen LogP contribution in [0, 0.1) is 12.7 Å². The molecule has 0 aliphatic carbocycles. The van der Waals surface area contributed by atoms with E-state index in [0.29, 0.717) is 5.69 Å². The predicted molar refractivity (Wildman–Crippen MR) is 76.1 cm³/mol. The first-order chi connectivity index (χ1) is 9.95. The first-order valence-electron chi connectivity index (χ1n) is 5.94. The van der Waals surface area contributed by atoms with Crippen LogP contribution in [0.5, 0.6) is 0 Å². The average Bonchev–Trinajstić information content (AvgIpc) is 2.84. The zero-order valence-corrected chi connectivity index (χ0v) is 11.8. The molecular formula is C13H12FN3O3S. The van der Waals surface area contributed by atoms with E-state index in [1.807, 2.05) is 12.3 Å². The molecule has 0 aliphatic rings. The normalized spacial score (nSPS) is 10.2. The third-order valence-corrected chi connectivity index (χ3v) is 3.38. The van der Waals surface area contributed by atoms with Crippen LogP contribution >= 0.6 is 11.3 Å². The van der Waals surface area contributed by atoms with Crippen molar-refractivity contribution in [2.24, 2.45) is 0 Å². The van der Waals surface area contributed by atoms with Crippen LogP contribution in [0.15, 0.2) is 23.6 Å². The van der Waals surface area contributed by atoms with Crippen molar-refractivity contribution in [2.75, 3.05) is 5.32 Å². The number of carbonyl (C=O) groups excluding carboxylic acids is 1. The molecule has 1 heterocycles. The van der Waals surface area contributed by atoms with Gasteiger partial charge in [-0.05, 0) is 25.1 Å². The van der Waals surface area contributed by atoms with Crippen molar-refractivity contribution in [1.29, 1.82) is 0 Å². The van der Waals surface area contributed by atoms with Gasteiger partial charge in [0.1, 0.15) is 5.82 Å². The number of anilines is 1. The first-order valence-corrected chi connectivity index (χ1v) is 6.82. The molecule has 2 aromatic rings. The summed E-state index contributed by atoms with van der Waals surface area (Å²) in [5, 5.41) is 16.3. The molecule has 0 bridgehead atoms. The number of amides is 2. The molecule has 0 radical (unpaired) electrons. The van der Waals surface area contributed by atoms with Crippen molar-refractivity contribution in [3.05, 3.63) is 45.7 Å². The van der Waals surface area contributed by atoms with Crippen molar-refractivity contribution in [3.8, 4) is 0 Å². The molecule has 0 unspecified atom stereocenters. The fraction of sp³-hybridized carbons (Fsp3) is 0.154. The number of thiazole rings is 1. The lowest BCUT2D eigenvalue weighted by Crippen LogP contribution is -2.28. The molecule has 2 rings (SSSR count). The number of aryl methyl sites for hydroxylation is 1. The van der Waals surface area contributed by atoms with Crippen molar-refractivity contribution in [2.45, 2.75) is 13.5 Å². The van der Waals surface area contributed by atoms with Gasteiger partial charge in [-0.2, -0.15) is 0 Å². The highest BCUT2D eigenvalue weighted by molar-refractivity contribution is 7.09. The minimum atomic E-state index is -1.23. The number of aromatic carboxylic acids is 1. The Kier molecular flexibility index (Phi) is 4.49. The fourth-order valence-corrected chi connectivity index (χ4v) is 2.19. The number of carboxylic acids is 1. The van der Waals surface area contributed by atoms with Crippen LogP contribution in [0.25, 0.3) is 0 Å². The molecule has 0 spiro atoms. The largest absolute Gasteiger partial charge is 0.478 e. The predicted octanol–water partition coefficient (Wildman–Crippen LogP) is 2.61. The summed E-state index contributed by atoms with van der Waals surface area (Å²) in [6.07, 6.45) is 0. The maximum atomic E-state index is 13.6. The average molecular weight is 309 g/mol. The number of rotatable bonds is 4. The first kappa shape index (κ1) is 14.9. The van der Waals surface area contributed by atoms with Gasteiger partial charge in [0, 0.05) is 5.38 Å². The molecular weight excluding hydrogens is 297 g/mol. The highest BCUT2D eigenvalue weighted by Crippen LogP contribution is 2.15. The van der Waals surface area contributed by atoms with Crippen molar-refractivity contribution in [1.82, 2.24) is 10.3 Å². The number of urea groups is 1. The third-order valence-electron chi connectivity index (χ3n) is 2.56. The number of benzene rings is 1. The molecule has 3 N–H and O–H groups in total. The van der Waals surface area contributed by atoms with E-state index in [1.54, 1.807) is 0 Å². The van der Waals surface area contributed by atoms with Crippen LogP contribution in [0.2, 0.25) is 0 Å². The molecule has 0 saturated heterocycles. The SMILES string of the molecule is Cc1nc(CNC(=O)Nc2ccc(C(=O)O)cc2F)cs1. The van der Waals surface area contributed by atoms with E-state index in [9.17, 15) is 14.0 Å². The summed E-state index contributed by atoms with van der Waals surface area (Å²) in [7, 11) is 0. The summed E-state index contributed by atoms with van der Waals surface area (Å²) < 4.78 is 13.6. The summed E-state index contributed by atoms with van der Waals surface area (Å²) in [5.74, 6) is -2.04. The molecule has 1 aromatic heterocycles. The molecule has 6 nitrogen and oxygen atoms in total. The van der Waals surface area contributed by atoms with Crippen LogP contribution in [0.4, 0.5) is 14.9 Å². The number of nitrogens with one attached hydrogen (secondary N) is 2. The lowest BCUT2D eigenvalue weighted by molar-refractivity contribution is 0.0696. The molecule has 2 amide bonds. The van der Waals surface area contributed by atoms with Crippen LogP contribution in [0.3, 0.4) is 0 Å². The van der Waals surface area contributed by atoms with Gasteiger partial charge in [-0.15, -0.1) is 11.3 Å². The van der Waals surface area contributed by atoms with E-state index in [-0.39, 0.29) is 17.8 Å². The summed E-state index contributed by atoms with van der Waals surface area (Å²) in [6, 6.07) is 2.67. The van der Waals surface area contributed by atoms with Gasteiger partial charge in [0.05, 0.1) is 28.5 Å². The minimum Gasteiger partial charge on any atom is -0.478 e. The van der Waals surface area contributed by atoms with E-state index in [0.717, 1.165) is 11.1 Å². The third kappa shape index (κ3) is 3.99. The highest BCUT2D eigenvalue weighted by atomic mass is 32.1. The summed E-state index contributed by atoms with van der Waals surface area (Å²) >= 11 is 1.47. The summed E-state index contributed by atoms with van der Waals surface area (Å²) in [4.78, 5) is 26.5. The second-order valence-electron chi connectivity index (χ2n) is 4.17. The maximum Gasteiger partial charge on any atom is 0.335 e. The molecule has 8 heteroatoms. The Balaban J connectivity index is 1.94. The van der Waals surface area contributed by atoms with E-state index < -0.39 is 17.8 Å². The van der Waals surface area contributed by atoms with Gasteiger partial charge in [-0.1, -0.05) is 0 Å². The van der Waals surface area contributed by atoms with Crippen LogP contribution in [-0.4, -0.2) is 22.1 Å². The topological polar surface area (TPSA) is 91.3 Å². The Bertz CT molecular complexity index is 687. The van der Waals surface area contributed by atoms with Crippen LogP contribution < -0.4 is 10.6 Å². The van der Waals surface area contributed by atoms with E-state index in [2.05, 4.69) is 15.6 Å². The minimum absolute atomic E-state index is 0.0908. The number of hydrogen-bond acceptors (Lipinski definition) is 4.